The highest BCUT2D eigenvalue weighted by molar-refractivity contribution is 6.23. The van der Waals surface area contributed by atoms with E-state index in [9.17, 15) is 9.90 Å². The number of methoxy groups -OCH3 is 2. The lowest BCUT2D eigenvalue weighted by atomic mass is 10.0. The Balaban J connectivity index is 2.50. The lowest BCUT2D eigenvalue weighted by molar-refractivity contribution is -0.112. The van der Waals surface area contributed by atoms with Crippen LogP contribution in [-0.2, 0) is 4.79 Å². The predicted molar refractivity (Wildman–Crippen MR) is 84.7 cm³/mol. The van der Waals surface area contributed by atoms with Gasteiger partial charge >= 0.3 is 0 Å². The Bertz CT molecular complexity index is 683. The lowest BCUT2D eigenvalue weighted by Crippen LogP contribution is -2.12. The zero-order chi connectivity index (χ0) is 16.1. The molecule has 0 aliphatic heterocycles. The highest BCUT2D eigenvalue weighted by atomic mass is 16.5. The Morgan fingerprint density at radius 3 is 2.05 bits per heavy atom. The quantitative estimate of drug-likeness (QED) is 0.656. The number of hydrogen-bond acceptors (Lipinski definition) is 4. The molecule has 114 valence electrons. The van der Waals surface area contributed by atoms with Crippen molar-refractivity contribution in [3.8, 4) is 17.2 Å². The Morgan fingerprint density at radius 1 is 1.05 bits per heavy atom. The van der Waals surface area contributed by atoms with E-state index in [0.29, 0.717) is 22.6 Å². The van der Waals surface area contributed by atoms with Gasteiger partial charge < -0.3 is 20.3 Å². The van der Waals surface area contributed by atoms with E-state index in [1.807, 2.05) is 0 Å². The summed E-state index contributed by atoms with van der Waals surface area (Å²) < 4.78 is 10.4. The summed E-state index contributed by atoms with van der Waals surface area (Å²) in [6.45, 7) is 0. The molecule has 0 saturated carbocycles. The van der Waals surface area contributed by atoms with Gasteiger partial charge in [0.05, 0.1) is 14.2 Å². The van der Waals surface area contributed by atoms with Gasteiger partial charge in [-0.25, -0.2) is 0 Å². The minimum atomic E-state index is -0.563. The summed E-state index contributed by atoms with van der Waals surface area (Å²) in [5.74, 6) is 0.781. The number of carbonyl (C=O) groups excluding carboxylic acids is 1. The number of amides is 1. The third-order valence-corrected chi connectivity index (χ3v) is 3.13. The standard InChI is InChI=1S/C17H17NO4/c1-21-14-7-11(8-15(10-14)22-2)9-16(17(18)20)12-3-5-13(19)6-4-12/h3-10,19H,1-2H3,(H2,18,20)/b16-9-. The Kier molecular flexibility index (Phi) is 4.68. The minimum absolute atomic E-state index is 0.121. The molecule has 0 spiro atoms. The summed E-state index contributed by atoms with van der Waals surface area (Å²) in [7, 11) is 3.11. The van der Waals surface area contributed by atoms with E-state index in [0.717, 1.165) is 5.56 Å². The van der Waals surface area contributed by atoms with E-state index >= 15 is 0 Å². The Hall–Kier alpha value is -2.95. The molecule has 0 aromatic heterocycles. The highest BCUT2D eigenvalue weighted by Crippen LogP contribution is 2.26. The largest absolute Gasteiger partial charge is 0.508 e. The van der Waals surface area contributed by atoms with Crippen LogP contribution in [0.15, 0.2) is 42.5 Å². The van der Waals surface area contributed by atoms with Gasteiger partial charge in [-0.15, -0.1) is 0 Å². The fourth-order valence-electron chi connectivity index (χ4n) is 2.02. The van der Waals surface area contributed by atoms with Gasteiger partial charge in [0.1, 0.15) is 17.2 Å². The van der Waals surface area contributed by atoms with Gasteiger partial charge in [-0.3, -0.25) is 4.79 Å². The minimum Gasteiger partial charge on any atom is -0.508 e. The zero-order valence-electron chi connectivity index (χ0n) is 12.4. The maximum atomic E-state index is 11.7. The number of nitrogens with two attached hydrogens (primary N) is 1. The lowest BCUT2D eigenvalue weighted by Gasteiger charge is -2.08. The molecular weight excluding hydrogens is 282 g/mol. The molecule has 0 aliphatic carbocycles. The maximum absolute atomic E-state index is 11.7. The van der Waals surface area contributed by atoms with Crippen molar-refractivity contribution in [2.45, 2.75) is 0 Å². The fraction of sp³-hybridized carbons (Fsp3) is 0.118. The summed E-state index contributed by atoms with van der Waals surface area (Å²) in [5, 5.41) is 9.33. The van der Waals surface area contributed by atoms with E-state index < -0.39 is 5.91 Å². The molecule has 0 fully saturated rings. The summed E-state index contributed by atoms with van der Waals surface area (Å²) in [5.41, 5.74) is 7.13. The number of hydrogen-bond donors (Lipinski definition) is 2. The van der Waals surface area contributed by atoms with Crippen LogP contribution in [0.2, 0.25) is 0 Å². The van der Waals surface area contributed by atoms with Crippen LogP contribution in [0.5, 0.6) is 17.2 Å². The third kappa shape index (κ3) is 3.58. The Morgan fingerprint density at radius 2 is 1.59 bits per heavy atom. The number of phenolic OH excluding ortho intramolecular Hbond substituents is 1. The first kappa shape index (κ1) is 15.4. The van der Waals surface area contributed by atoms with Crippen LogP contribution in [0.3, 0.4) is 0 Å². The summed E-state index contributed by atoms with van der Waals surface area (Å²) >= 11 is 0. The van der Waals surface area contributed by atoms with Crippen LogP contribution in [0.4, 0.5) is 0 Å². The van der Waals surface area contributed by atoms with Gasteiger partial charge in [-0.1, -0.05) is 12.1 Å². The first-order valence-electron chi connectivity index (χ1n) is 6.57. The third-order valence-electron chi connectivity index (χ3n) is 3.13. The average Bonchev–Trinajstić information content (AvgIpc) is 2.53. The summed E-state index contributed by atoms with van der Waals surface area (Å²) in [6.07, 6.45) is 1.65. The smallest absolute Gasteiger partial charge is 0.249 e. The fourth-order valence-corrected chi connectivity index (χ4v) is 2.02. The molecule has 3 N–H and O–H groups in total. The monoisotopic (exact) mass is 299 g/mol. The van der Waals surface area contributed by atoms with Crippen LogP contribution in [0.1, 0.15) is 11.1 Å². The van der Waals surface area contributed by atoms with E-state index in [1.165, 1.54) is 12.1 Å². The van der Waals surface area contributed by atoms with E-state index in [4.69, 9.17) is 15.2 Å². The number of rotatable bonds is 5. The van der Waals surface area contributed by atoms with Crippen molar-refractivity contribution in [1.29, 1.82) is 0 Å². The van der Waals surface area contributed by atoms with Gasteiger partial charge in [0.25, 0.3) is 0 Å². The molecule has 22 heavy (non-hydrogen) atoms. The number of primary amides is 1. The molecule has 2 aromatic carbocycles. The van der Waals surface area contributed by atoms with E-state index in [-0.39, 0.29) is 5.75 Å². The molecule has 0 aliphatic rings. The van der Waals surface area contributed by atoms with Gasteiger partial charge in [0.15, 0.2) is 0 Å². The number of benzene rings is 2. The molecular formula is C17H17NO4. The van der Waals surface area contributed by atoms with Crippen LogP contribution in [0, 0.1) is 0 Å². The van der Waals surface area contributed by atoms with Crippen molar-refractivity contribution >= 4 is 17.6 Å². The molecule has 0 heterocycles. The molecule has 0 bridgehead atoms. The van der Waals surface area contributed by atoms with Gasteiger partial charge in [0, 0.05) is 11.6 Å². The molecule has 2 aromatic rings. The second-order valence-electron chi connectivity index (χ2n) is 4.62. The second-order valence-corrected chi connectivity index (χ2v) is 4.62. The van der Waals surface area contributed by atoms with Crippen LogP contribution >= 0.6 is 0 Å². The first-order valence-corrected chi connectivity index (χ1v) is 6.57. The average molecular weight is 299 g/mol. The van der Waals surface area contributed by atoms with Gasteiger partial charge in [-0.05, 0) is 41.5 Å². The number of aromatic hydroxyl groups is 1. The van der Waals surface area contributed by atoms with Crippen molar-refractivity contribution in [3.05, 3.63) is 53.6 Å². The molecule has 5 nitrogen and oxygen atoms in total. The van der Waals surface area contributed by atoms with Gasteiger partial charge in [-0.2, -0.15) is 0 Å². The van der Waals surface area contributed by atoms with E-state index in [1.54, 1.807) is 50.6 Å². The number of carbonyl (C=O) groups is 1. The van der Waals surface area contributed by atoms with Crippen LogP contribution < -0.4 is 15.2 Å². The molecule has 0 saturated heterocycles. The molecule has 5 heteroatoms. The van der Waals surface area contributed by atoms with Crippen molar-refractivity contribution in [2.24, 2.45) is 5.73 Å². The SMILES string of the molecule is COc1cc(/C=C(\C(N)=O)c2ccc(O)cc2)cc(OC)c1. The molecule has 1 amide bonds. The topological polar surface area (TPSA) is 81.8 Å². The maximum Gasteiger partial charge on any atom is 0.249 e. The van der Waals surface area contributed by atoms with Gasteiger partial charge in [0.2, 0.25) is 5.91 Å². The second kappa shape index (κ2) is 6.67. The molecule has 2 rings (SSSR count). The van der Waals surface area contributed by atoms with E-state index in [2.05, 4.69) is 0 Å². The predicted octanol–water partition coefficient (Wildman–Crippen LogP) is 2.44. The van der Waals surface area contributed by atoms with Crippen molar-refractivity contribution < 1.29 is 19.4 Å². The first-order chi connectivity index (χ1) is 10.5. The number of ether oxygens (including phenoxy) is 2. The van der Waals surface area contributed by atoms with Crippen molar-refractivity contribution in [1.82, 2.24) is 0 Å². The normalized spacial score (nSPS) is 11.1. The van der Waals surface area contributed by atoms with Crippen LogP contribution in [-0.4, -0.2) is 25.2 Å². The molecule has 0 radical (unpaired) electrons. The molecule has 0 atom stereocenters. The summed E-state index contributed by atoms with van der Waals surface area (Å²) in [6, 6.07) is 11.5. The highest BCUT2D eigenvalue weighted by Gasteiger charge is 2.10. The number of phenols is 1. The summed E-state index contributed by atoms with van der Waals surface area (Å²) in [4.78, 5) is 11.7. The Labute approximate surface area is 128 Å². The van der Waals surface area contributed by atoms with Crippen LogP contribution in [0.25, 0.3) is 11.6 Å². The zero-order valence-corrected chi connectivity index (χ0v) is 12.4. The van der Waals surface area contributed by atoms with Crippen molar-refractivity contribution in [3.63, 3.8) is 0 Å². The van der Waals surface area contributed by atoms with Crippen molar-refractivity contribution in [2.75, 3.05) is 14.2 Å². The molecule has 0 unspecified atom stereocenters.